The highest BCUT2D eigenvalue weighted by Crippen LogP contribution is 2.32. The summed E-state index contributed by atoms with van der Waals surface area (Å²) in [5, 5.41) is 12.4. The first-order valence-electron chi connectivity index (χ1n) is 5.48. The van der Waals surface area contributed by atoms with Crippen LogP contribution in [0.25, 0.3) is 0 Å². The Morgan fingerprint density at radius 3 is 2.56 bits per heavy atom. The Morgan fingerprint density at radius 1 is 1.39 bits per heavy atom. The first kappa shape index (κ1) is 18.2. The van der Waals surface area contributed by atoms with E-state index < -0.39 is 0 Å². The molecule has 6 heteroatoms. The molecule has 0 aromatic heterocycles. The van der Waals surface area contributed by atoms with Crippen molar-refractivity contribution in [1.29, 1.82) is 0 Å². The van der Waals surface area contributed by atoms with Gasteiger partial charge in [-0.1, -0.05) is 22.9 Å². The lowest BCUT2D eigenvalue weighted by molar-refractivity contribution is 0.238. The molecule has 0 saturated carbocycles. The van der Waals surface area contributed by atoms with Crippen molar-refractivity contribution in [1.82, 2.24) is 5.32 Å². The summed E-state index contributed by atoms with van der Waals surface area (Å²) in [5.41, 5.74) is 1.06. The molecule has 1 aromatic carbocycles. The van der Waals surface area contributed by atoms with E-state index in [0.29, 0.717) is 6.54 Å². The van der Waals surface area contributed by atoms with E-state index in [2.05, 4.69) is 37.2 Å². The fourth-order valence-electron chi connectivity index (χ4n) is 1.57. The van der Waals surface area contributed by atoms with Gasteiger partial charge in [-0.25, -0.2) is 0 Å². The van der Waals surface area contributed by atoms with Crippen LogP contribution in [0.1, 0.15) is 18.9 Å². The fourth-order valence-corrected chi connectivity index (χ4v) is 3.04. The largest absolute Gasteiger partial charge is 0.495 e. The SMILES string of the molecule is CCC(CO)NCc1cc(Br)cc(Br)c1OC.Cl. The van der Waals surface area contributed by atoms with Crippen molar-refractivity contribution in [3.8, 4) is 5.75 Å². The number of aliphatic hydroxyl groups is 1. The highest BCUT2D eigenvalue weighted by Gasteiger charge is 2.11. The minimum absolute atomic E-state index is 0. The van der Waals surface area contributed by atoms with E-state index >= 15 is 0 Å². The van der Waals surface area contributed by atoms with Crippen LogP contribution in [0.3, 0.4) is 0 Å². The Morgan fingerprint density at radius 2 is 2.06 bits per heavy atom. The zero-order chi connectivity index (χ0) is 12.8. The van der Waals surface area contributed by atoms with E-state index in [9.17, 15) is 0 Å². The molecule has 3 nitrogen and oxygen atoms in total. The molecule has 0 radical (unpaired) electrons. The van der Waals surface area contributed by atoms with Gasteiger partial charge in [-0.15, -0.1) is 12.4 Å². The second-order valence-corrected chi connectivity index (χ2v) is 5.52. The molecule has 0 saturated heterocycles. The molecule has 2 N–H and O–H groups in total. The predicted octanol–water partition coefficient (Wildman–Crippen LogP) is 3.50. The van der Waals surface area contributed by atoms with Gasteiger partial charge in [0.25, 0.3) is 0 Å². The number of ether oxygens (including phenoxy) is 1. The topological polar surface area (TPSA) is 41.5 Å². The average Bonchev–Trinajstić information content (AvgIpc) is 2.29. The molecule has 0 aliphatic carbocycles. The molecule has 0 heterocycles. The van der Waals surface area contributed by atoms with Gasteiger partial charge in [-0.2, -0.15) is 0 Å². The van der Waals surface area contributed by atoms with E-state index in [-0.39, 0.29) is 25.1 Å². The summed E-state index contributed by atoms with van der Waals surface area (Å²) in [6, 6.07) is 4.09. The second-order valence-electron chi connectivity index (χ2n) is 3.75. The van der Waals surface area contributed by atoms with Gasteiger partial charge in [0.05, 0.1) is 18.2 Å². The molecular weight excluding hydrogens is 385 g/mol. The second kappa shape index (κ2) is 9.15. The van der Waals surface area contributed by atoms with Gasteiger partial charge in [-0.3, -0.25) is 0 Å². The molecule has 0 amide bonds. The third-order valence-electron chi connectivity index (χ3n) is 2.58. The zero-order valence-electron chi connectivity index (χ0n) is 10.4. The van der Waals surface area contributed by atoms with Crippen LogP contribution in [0.5, 0.6) is 5.75 Å². The van der Waals surface area contributed by atoms with Gasteiger partial charge in [0.15, 0.2) is 0 Å². The Bertz CT molecular complexity index is 373. The van der Waals surface area contributed by atoms with E-state index in [0.717, 1.165) is 26.7 Å². The van der Waals surface area contributed by atoms with Crippen LogP contribution in [0.15, 0.2) is 21.1 Å². The lowest BCUT2D eigenvalue weighted by atomic mass is 10.1. The van der Waals surface area contributed by atoms with Crippen molar-refractivity contribution < 1.29 is 9.84 Å². The van der Waals surface area contributed by atoms with Crippen LogP contribution in [0.2, 0.25) is 0 Å². The maximum Gasteiger partial charge on any atom is 0.137 e. The Balaban J connectivity index is 0.00000289. The van der Waals surface area contributed by atoms with Gasteiger partial charge in [0, 0.05) is 22.6 Å². The quantitative estimate of drug-likeness (QED) is 0.764. The summed E-state index contributed by atoms with van der Waals surface area (Å²) in [6.45, 7) is 2.86. The first-order chi connectivity index (χ1) is 8.12. The molecule has 1 rings (SSSR count). The predicted molar refractivity (Wildman–Crippen MR) is 83.6 cm³/mol. The molecular formula is C12H18Br2ClNO2. The average molecular weight is 404 g/mol. The van der Waals surface area contributed by atoms with Gasteiger partial charge >= 0.3 is 0 Å². The van der Waals surface area contributed by atoms with Crippen molar-refractivity contribution in [3.63, 3.8) is 0 Å². The van der Waals surface area contributed by atoms with Crippen molar-refractivity contribution in [2.45, 2.75) is 25.9 Å². The summed E-state index contributed by atoms with van der Waals surface area (Å²) < 4.78 is 7.28. The number of hydrogen-bond donors (Lipinski definition) is 2. The smallest absolute Gasteiger partial charge is 0.137 e. The van der Waals surface area contributed by atoms with E-state index in [1.807, 2.05) is 19.1 Å². The molecule has 104 valence electrons. The van der Waals surface area contributed by atoms with E-state index in [1.54, 1.807) is 7.11 Å². The van der Waals surface area contributed by atoms with Crippen LogP contribution in [0, 0.1) is 0 Å². The highest BCUT2D eigenvalue weighted by molar-refractivity contribution is 9.11. The first-order valence-corrected chi connectivity index (χ1v) is 7.07. The van der Waals surface area contributed by atoms with Crippen LogP contribution in [0.4, 0.5) is 0 Å². The Labute approximate surface area is 131 Å². The molecule has 0 spiro atoms. The number of rotatable bonds is 6. The number of benzene rings is 1. The van der Waals surface area contributed by atoms with Crippen molar-refractivity contribution in [2.24, 2.45) is 0 Å². The van der Waals surface area contributed by atoms with Crippen LogP contribution >= 0.6 is 44.3 Å². The van der Waals surface area contributed by atoms with Crippen LogP contribution in [-0.2, 0) is 6.54 Å². The van der Waals surface area contributed by atoms with Gasteiger partial charge < -0.3 is 15.2 Å². The zero-order valence-corrected chi connectivity index (χ0v) is 14.4. The summed E-state index contributed by atoms with van der Waals surface area (Å²) in [7, 11) is 1.65. The summed E-state index contributed by atoms with van der Waals surface area (Å²) in [6.07, 6.45) is 0.897. The third kappa shape index (κ3) is 5.05. The Hall–Kier alpha value is 0.190. The Kier molecular flexibility index (Phi) is 9.25. The van der Waals surface area contributed by atoms with E-state index in [4.69, 9.17) is 9.84 Å². The lowest BCUT2D eigenvalue weighted by Crippen LogP contribution is -2.31. The number of nitrogens with one attached hydrogen (secondary N) is 1. The minimum atomic E-state index is 0. The molecule has 0 aliphatic rings. The molecule has 1 aromatic rings. The van der Waals surface area contributed by atoms with Crippen LogP contribution in [-0.4, -0.2) is 24.9 Å². The number of hydrogen-bond acceptors (Lipinski definition) is 3. The normalized spacial score (nSPS) is 11.8. The number of halogens is 3. The molecule has 18 heavy (non-hydrogen) atoms. The third-order valence-corrected chi connectivity index (χ3v) is 3.63. The van der Waals surface area contributed by atoms with E-state index in [1.165, 1.54) is 0 Å². The fraction of sp³-hybridized carbons (Fsp3) is 0.500. The molecule has 1 atom stereocenters. The standard InChI is InChI=1S/C12H17Br2NO2.ClH/c1-3-10(7-16)15-6-8-4-9(13)5-11(14)12(8)17-2;/h4-5,10,15-16H,3,6-7H2,1-2H3;1H. The van der Waals surface area contributed by atoms with Gasteiger partial charge in [-0.05, 0) is 34.5 Å². The summed E-state index contributed by atoms with van der Waals surface area (Å²) in [5.74, 6) is 0.827. The van der Waals surface area contributed by atoms with Gasteiger partial charge in [0.1, 0.15) is 5.75 Å². The van der Waals surface area contributed by atoms with Gasteiger partial charge in [0.2, 0.25) is 0 Å². The van der Waals surface area contributed by atoms with Crippen molar-refractivity contribution in [2.75, 3.05) is 13.7 Å². The minimum Gasteiger partial charge on any atom is -0.495 e. The van der Waals surface area contributed by atoms with Crippen molar-refractivity contribution in [3.05, 3.63) is 26.6 Å². The summed E-state index contributed by atoms with van der Waals surface area (Å²) >= 11 is 6.92. The maximum absolute atomic E-state index is 9.13. The van der Waals surface area contributed by atoms with Crippen LogP contribution < -0.4 is 10.1 Å². The monoisotopic (exact) mass is 401 g/mol. The number of aliphatic hydroxyl groups excluding tert-OH is 1. The summed E-state index contributed by atoms with van der Waals surface area (Å²) in [4.78, 5) is 0. The van der Waals surface area contributed by atoms with Crippen molar-refractivity contribution >= 4 is 44.3 Å². The molecule has 0 aliphatic heterocycles. The lowest BCUT2D eigenvalue weighted by Gasteiger charge is -2.16. The molecule has 0 fully saturated rings. The highest BCUT2D eigenvalue weighted by atomic mass is 79.9. The molecule has 1 unspecified atom stereocenters. The number of methoxy groups -OCH3 is 1. The maximum atomic E-state index is 9.13. The molecule has 0 bridgehead atoms.